The van der Waals surface area contributed by atoms with Gasteiger partial charge >= 0.3 is 13.1 Å². The van der Waals surface area contributed by atoms with Crippen LogP contribution < -0.4 is 5.32 Å². The number of aliphatic carboxylic acids is 1. The molecule has 58 valence electrons. The quantitative estimate of drug-likeness (QED) is 0.350. The summed E-state index contributed by atoms with van der Waals surface area (Å²) in [5.74, 6) is -1.09. The molecule has 1 atom stereocenters. The summed E-state index contributed by atoms with van der Waals surface area (Å²) in [7, 11) is -0.130. The van der Waals surface area contributed by atoms with Crippen LogP contribution in [0, 0.1) is 0 Å². The van der Waals surface area contributed by atoms with Gasteiger partial charge in [-0.1, -0.05) is 0 Å². The van der Waals surface area contributed by atoms with Crippen molar-refractivity contribution in [1.82, 2.24) is 5.32 Å². The van der Waals surface area contributed by atoms with Crippen LogP contribution in [-0.4, -0.2) is 41.3 Å². The summed E-state index contributed by atoms with van der Waals surface area (Å²) in [6.45, 7) is 0. The molecule has 0 aliphatic heterocycles. The third kappa shape index (κ3) is 3.44. The van der Waals surface area contributed by atoms with Gasteiger partial charge < -0.3 is 20.5 Å². The molecule has 0 saturated carbocycles. The molecule has 0 rings (SSSR count). The number of hydrogen-bond donors (Lipinski definition) is 4. The van der Waals surface area contributed by atoms with E-state index in [1.807, 2.05) is 0 Å². The van der Waals surface area contributed by atoms with Crippen molar-refractivity contribution in [3.63, 3.8) is 0 Å². The van der Waals surface area contributed by atoms with Crippen LogP contribution in [0.5, 0.6) is 0 Å². The van der Waals surface area contributed by atoms with Crippen LogP contribution in [0.1, 0.15) is 0 Å². The number of carbonyl (C=O) groups is 1. The van der Waals surface area contributed by atoms with E-state index in [-0.39, 0.29) is 6.32 Å². The SMILES string of the molecule is CNC(CB(O)O)C(=O)O. The molecule has 0 saturated heterocycles. The van der Waals surface area contributed by atoms with E-state index in [1.165, 1.54) is 7.05 Å². The lowest BCUT2D eigenvalue weighted by atomic mass is 9.82. The molecule has 0 aromatic rings. The highest BCUT2D eigenvalue weighted by Crippen LogP contribution is 1.93. The highest BCUT2D eigenvalue weighted by Gasteiger charge is 2.21. The fourth-order valence-corrected chi connectivity index (χ4v) is 0.553. The van der Waals surface area contributed by atoms with E-state index in [9.17, 15) is 4.79 Å². The molecule has 0 aromatic heterocycles. The van der Waals surface area contributed by atoms with Gasteiger partial charge in [-0.05, 0) is 7.05 Å². The first kappa shape index (κ1) is 9.41. The first-order chi connectivity index (χ1) is 4.57. The zero-order valence-electron chi connectivity index (χ0n) is 5.61. The molecule has 4 N–H and O–H groups in total. The Labute approximate surface area is 58.8 Å². The van der Waals surface area contributed by atoms with Crippen molar-refractivity contribution in [2.75, 3.05) is 7.05 Å². The fraction of sp³-hybridized carbons (Fsp3) is 0.750. The summed E-state index contributed by atoms with van der Waals surface area (Å²) in [5, 5.41) is 27.5. The van der Waals surface area contributed by atoms with Crippen molar-refractivity contribution in [3.8, 4) is 0 Å². The number of nitrogens with one attached hydrogen (secondary N) is 1. The standard InChI is InChI=1S/C4H10BNO4/c1-6-3(4(7)8)2-5(9)10/h3,6,9-10H,2H2,1H3,(H,7,8). The Morgan fingerprint density at radius 1 is 1.70 bits per heavy atom. The highest BCUT2D eigenvalue weighted by molar-refractivity contribution is 6.41. The first-order valence-electron chi connectivity index (χ1n) is 2.84. The van der Waals surface area contributed by atoms with Crippen molar-refractivity contribution in [2.45, 2.75) is 12.4 Å². The van der Waals surface area contributed by atoms with Gasteiger partial charge in [-0.2, -0.15) is 0 Å². The van der Waals surface area contributed by atoms with Gasteiger partial charge in [-0.25, -0.2) is 0 Å². The van der Waals surface area contributed by atoms with E-state index < -0.39 is 19.1 Å². The Morgan fingerprint density at radius 3 is 2.30 bits per heavy atom. The van der Waals surface area contributed by atoms with E-state index in [1.54, 1.807) is 0 Å². The summed E-state index contributed by atoms with van der Waals surface area (Å²) < 4.78 is 0. The van der Waals surface area contributed by atoms with Crippen molar-refractivity contribution in [2.24, 2.45) is 0 Å². The monoisotopic (exact) mass is 147 g/mol. The molecule has 0 spiro atoms. The molecule has 0 aliphatic rings. The first-order valence-corrected chi connectivity index (χ1v) is 2.84. The zero-order valence-corrected chi connectivity index (χ0v) is 5.61. The minimum Gasteiger partial charge on any atom is -0.480 e. The van der Waals surface area contributed by atoms with Gasteiger partial charge in [0, 0.05) is 6.32 Å². The summed E-state index contributed by atoms with van der Waals surface area (Å²) in [5.41, 5.74) is 0. The Balaban J connectivity index is 3.72. The maximum Gasteiger partial charge on any atom is 0.453 e. The molecule has 0 amide bonds. The number of carboxylic acids is 1. The van der Waals surface area contributed by atoms with Gasteiger partial charge in [0.15, 0.2) is 0 Å². The summed E-state index contributed by atoms with van der Waals surface area (Å²) >= 11 is 0. The van der Waals surface area contributed by atoms with E-state index >= 15 is 0 Å². The molecular weight excluding hydrogens is 137 g/mol. The van der Waals surface area contributed by atoms with Gasteiger partial charge in [-0.15, -0.1) is 0 Å². The largest absolute Gasteiger partial charge is 0.480 e. The number of likely N-dealkylation sites (N-methyl/N-ethyl adjacent to an activating group) is 1. The van der Waals surface area contributed by atoms with Gasteiger partial charge in [0.1, 0.15) is 6.04 Å². The molecule has 6 heteroatoms. The molecule has 0 aliphatic carbocycles. The third-order valence-corrected chi connectivity index (χ3v) is 1.09. The minimum atomic E-state index is -1.58. The predicted molar refractivity (Wildman–Crippen MR) is 35.5 cm³/mol. The van der Waals surface area contributed by atoms with E-state index in [0.717, 1.165) is 0 Å². The van der Waals surface area contributed by atoms with Gasteiger partial charge in [-0.3, -0.25) is 4.79 Å². The fourth-order valence-electron chi connectivity index (χ4n) is 0.553. The lowest BCUT2D eigenvalue weighted by molar-refractivity contribution is -0.138. The number of carboxylic acid groups (broad SMARTS) is 1. The molecule has 1 unspecified atom stereocenters. The van der Waals surface area contributed by atoms with Crippen molar-refractivity contribution < 1.29 is 19.9 Å². The van der Waals surface area contributed by atoms with E-state index in [2.05, 4.69) is 5.32 Å². The van der Waals surface area contributed by atoms with Gasteiger partial charge in [0.2, 0.25) is 0 Å². The van der Waals surface area contributed by atoms with E-state index in [0.29, 0.717) is 0 Å². The molecule has 10 heavy (non-hydrogen) atoms. The average Bonchev–Trinajstić information content (AvgIpc) is 1.81. The highest BCUT2D eigenvalue weighted by atomic mass is 16.4. The Morgan fingerprint density at radius 2 is 2.20 bits per heavy atom. The third-order valence-electron chi connectivity index (χ3n) is 1.09. The molecule has 0 heterocycles. The van der Waals surface area contributed by atoms with Crippen LogP contribution in [0.4, 0.5) is 0 Å². The van der Waals surface area contributed by atoms with Crippen LogP contribution in [-0.2, 0) is 4.79 Å². The van der Waals surface area contributed by atoms with E-state index in [4.69, 9.17) is 15.2 Å². The van der Waals surface area contributed by atoms with Crippen LogP contribution in [0.2, 0.25) is 6.32 Å². The number of hydrogen-bond acceptors (Lipinski definition) is 4. The summed E-state index contributed by atoms with van der Waals surface area (Å²) in [4.78, 5) is 10.2. The second-order valence-electron chi connectivity index (χ2n) is 1.90. The maximum absolute atomic E-state index is 10.2. The topological polar surface area (TPSA) is 89.8 Å². The Kier molecular flexibility index (Phi) is 4.02. The Bertz CT molecular complexity index is 118. The molecule has 0 fully saturated rings. The minimum absolute atomic E-state index is 0.203. The van der Waals surface area contributed by atoms with Crippen LogP contribution in [0.15, 0.2) is 0 Å². The van der Waals surface area contributed by atoms with Crippen LogP contribution in [0.25, 0.3) is 0 Å². The normalized spacial score (nSPS) is 12.7. The average molecular weight is 147 g/mol. The van der Waals surface area contributed by atoms with Gasteiger partial charge in [0.05, 0.1) is 0 Å². The van der Waals surface area contributed by atoms with Crippen LogP contribution >= 0.6 is 0 Å². The lowest BCUT2D eigenvalue weighted by Crippen LogP contribution is -2.37. The van der Waals surface area contributed by atoms with Crippen molar-refractivity contribution in [1.29, 1.82) is 0 Å². The zero-order chi connectivity index (χ0) is 8.15. The van der Waals surface area contributed by atoms with Crippen LogP contribution in [0.3, 0.4) is 0 Å². The summed E-state index contributed by atoms with van der Waals surface area (Å²) in [6.07, 6.45) is -0.203. The number of rotatable bonds is 4. The molecule has 0 bridgehead atoms. The second kappa shape index (κ2) is 4.27. The molecular formula is C4H10BNO4. The van der Waals surface area contributed by atoms with Gasteiger partial charge in [0.25, 0.3) is 0 Å². The van der Waals surface area contributed by atoms with Crippen molar-refractivity contribution >= 4 is 13.1 Å². The Hall–Kier alpha value is -0.585. The lowest BCUT2D eigenvalue weighted by Gasteiger charge is -2.08. The van der Waals surface area contributed by atoms with Crippen molar-refractivity contribution in [3.05, 3.63) is 0 Å². The molecule has 0 aromatic carbocycles. The summed E-state index contributed by atoms with van der Waals surface area (Å²) in [6, 6.07) is -0.889. The molecule has 5 nitrogen and oxygen atoms in total. The second-order valence-corrected chi connectivity index (χ2v) is 1.90. The maximum atomic E-state index is 10.2. The smallest absolute Gasteiger partial charge is 0.453 e. The molecule has 0 radical (unpaired) electrons. The predicted octanol–water partition coefficient (Wildman–Crippen LogP) is -1.87.